The van der Waals surface area contributed by atoms with Gasteiger partial charge >= 0.3 is 5.97 Å². The van der Waals surface area contributed by atoms with Gasteiger partial charge in [-0.1, -0.05) is 13.8 Å². The van der Waals surface area contributed by atoms with Crippen molar-refractivity contribution in [1.29, 1.82) is 0 Å². The minimum atomic E-state index is -0.588. The van der Waals surface area contributed by atoms with Gasteiger partial charge < -0.3 is 4.74 Å². The number of nitrogens with zero attached hydrogens (tertiary/aromatic N) is 1. The zero-order chi connectivity index (χ0) is 13.8. The van der Waals surface area contributed by atoms with Gasteiger partial charge in [0.25, 0.3) is 0 Å². The van der Waals surface area contributed by atoms with Gasteiger partial charge in [-0.25, -0.2) is 0 Å². The molecule has 0 amide bonds. The Labute approximate surface area is 111 Å². The molecule has 2 unspecified atom stereocenters. The van der Waals surface area contributed by atoms with E-state index in [2.05, 4.69) is 31.0 Å². The van der Waals surface area contributed by atoms with Crippen LogP contribution in [0.3, 0.4) is 0 Å². The molecule has 18 heavy (non-hydrogen) atoms. The van der Waals surface area contributed by atoms with E-state index in [9.17, 15) is 4.79 Å². The van der Waals surface area contributed by atoms with Gasteiger partial charge in [0.15, 0.2) is 0 Å². The van der Waals surface area contributed by atoms with Crippen LogP contribution in [0.5, 0.6) is 0 Å². The van der Waals surface area contributed by atoms with Crippen LogP contribution in [-0.2, 0) is 9.53 Å². The number of carbonyl (C=O) groups is 1. The van der Waals surface area contributed by atoms with Crippen LogP contribution >= 0.6 is 0 Å². The predicted molar refractivity (Wildman–Crippen MR) is 73.6 cm³/mol. The van der Waals surface area contributed by atoms with Crippen LogP contribution in [0.4, 0.5) is 0 Å². The van der Waals surface area contributed by atoms with Crippen LogP contribution in [0, 0.1) is 0 Å². The van der Waals surface area contributed by atoms with Gasteiger partial charge in [-0.05, 0) is 39.7 Å². The molecule has 2 atom stereocenters. The summed E-state index contributed by atoms with van der Waals surface area (Å²) in [5.74, 6) is -0.156. The third-order valence-electron chi connectivity index (χ3n) is 3.88. The summed E-state index contributed by atoms with van der Waals surface area (Å²) in [7, 11) is 1.47. The smallest absolute Gasteiger partial charge is 0.327 e. The molecule has 0 aliphatic heterocycles. The molecule has 0 heterocycles. The summed E-state index contributed by atoms with van der Waals surface area (Å²) in [6.07, 6.45) is 3.43. The number of carbonyl (C=O) groups excluding carboxylic acids is 1. The molecule has 1 rings (SSSR count). The van der Waals surface area contributed by atoms with Gasteiger partial charge in [-0.3, -0.25) is 15.0 Å². The van der Waals surface area contributed by atoms with Gasteiger partial charge in [-0.15, -0.1) is 0 Å². The lowest BCUT2D eigenvalue weighted by molar-refractivity contribution is -0.149. The molecule has 0 saturated heterocycles. The molecule has 1 aliphatic rings. The standard InChI is InChI=1S/C14H28N2O2/c1-6-11(3)16(7-2)10-14(4,13(17)18-5)15-12-8-9-12/h11-12,15H,6-10H2,1-5H3. The number of ether oxygens (including phenoxy) is 1. The largest absolute Gasteiger partial charge is 0.468 e. The molecular formula is C14H28N2O2. The minimum absolute atomic E-state index is 0.156. The lowest BCUT2D eigenvalue weighted by Gasteiger charge is -2.36. The molecule has 1 fully saturated rings. The zero-order valence-corrected chi connectivity index (χ0v) is 12.5. The van der Waals surface area contributed by atoms with Crippen LogP contribution in [0.1, 0.15) is 47.0 Å². The van der Waals surface area contributed by atoms with E-state index in [4.69, 9.17) is 4.74 Å². The molecule has 1 N–H and O–H groups in total. The molecule has 1 saturated carbocycles. The van der Waals surface area contributed by atoms with E-state index in [1.807, 2.05) is 6.92 Å². The van der Waals surface area contributed by atoms with Gasteiger partial charge in [0.05, 0.1) is 7.11 Å². The van der Waals surface area contributed by atoms with Crippen molar-refractivity contribution in [3.63, 3.8) is 0 Å². The van der Waals surface area contributed by atoms with E-state index in [1.54, 1.807) is 0 Å². The Bertz CT molecular complexity index is 279. The second-order valence-corrected chi connectivity index (χ2v) is 5.56. The second-order valence-electron chi connectivity index (χ2n) is 5.56. The summed E-state index contributed by atoms with van der Waals surface area (Å²) in [4.78, 5) is 14.4. The summed E-state index contributed by atoms with van der Waals surface area (Å²) < 4.78 is 4.97. The average Bonchev–Trinajstić information content (AvgIpc) is 3.17. The van der Waals surface area contributed by atoms with Crippen molar-refractivity contribution in [2.75, 3.05) is 20.2 Å². The Morgan fingerprint density at radius 2 is 2.11 bits per heavy atom. The van der Waals surface area contributed by atoms with Crippen LogP contribution in [-0.4, -0.2) is 48.7 Å². The predicted octanol–water partition coefficient (Wildman–Crippen LogP) is 1.79. The quantitative estimate of drug-likeness (QED) is 0.672. The number of hydrogen-bond acceptors (Lipinski definition) is 4. The van der Waals surface area contributed by atoms with Crippen molar-refractivity contribution in [2.24, 2.45) is 0 Å². The molecule has 0 spiro atoms. The Balaban J connectivity index is 2.71. The molecule has 0 aromatic rings. The summed E-state index contributed by atoms with van der Waals surface area (Å²) in [5.41, 5.74) is -0.588. The monoisotopic (exact) mass is 256 g/mol. The summed E-state index contributed by atoms with van der Waals surface area (Å²) >= 11 is 0. The molecule has 1 aliphatic carbocycles. The molecule has 0 aromatic carbocycles. The number of methoxy groups -OCH3 is 1. The third kappa shape index (κ3) is 3.95. The molecular weight excluding hydrogens is 228 g/mol. The van der Waals surface area contributed by atoms with Gasteiger partial charge in [-0.2, -0.15) is 0 Å². The van der Waals surface area contributed by atoms with Gasteiger partial charge in [0.1, 0.15) is 5.54 Å². The van der Waals surface area contributed by atoms with Gasteiger partial charge in [0.2, 0.25) is 0 Å². The first kappa shape index (κ1) is 15.4. The van der Waals surface area contributed by atoms with Crippen LogP contribution in [0.2, 0.25) is 0 Å². The molecule has 0 aromatic heterocycles. The number of esters is 1. The summed E-state index contributed by atoms with van der Waals surface area (Å²) in [6, 6.07) is 0.977. The summed E-state index contributed by atoms with van der Waals surface area (Å²) in [5, 5.41) is 3.45. The van der Waals surface area contributed by atoms with Crippen molar-refractivity contribution in [3.05, 3.63) is 0 Å². The fourth-order valence-electron chi connectivity index (χ4n) is 2.32. The van der Waals surface area contributed by atoms with E-state index in [0.717, 1.165) is 13.0 Å². The first-order valence-corrected chi connectivity index (χ1v) is 7.07. The highest BCUT2D eigenvalue weighted by molar-refractivity contribution is 5.80. The Morgan fingerprint density at radius 3 is 2.50 bits per heavy atom. The maximum absolute atomic E-state index is 12.0. The highest BCUT2D eigenvalue weighted by Gasteiger charge is 2.41. The molecule has 4 heteroatoms. The van der Waals surface area contributed by atoms with Crippen LogP contribution in [0.25, 0.3) is 0 Å². The first-order chi connectivity index (χ1) is 8.46. The number of rotatable bonds is 8. The first-order valence-electron chi connectivity index (χ1n) is 7.07. The molecule has 0 bridgehead atoms. The van der Waals surface area contributed by atoms with E-state index in [1.165, 1.54) is 20.0 Å². The second kappa shape index (κ2) is 6.53. The van der Waals surface area contributed by atoms with Crippen molar-refractivity contribution in [2.45, 2.75) is 64.6 Å². The fraction of sp³-hybridized carbons (Fsp3) is 0.929. The van der Waals surface area contributed by atoms with Crippen molar-refractivity contribution in [3.8, 4) is 0 Å². The van der Waals surface area contributed by atoms with E-state index >= 15 is 0 Å². The Morgan fingerprint density at radius 1 is 1.50 bits per heavy atom. The highest BCUT2D eigenvalue weighted by Crippen LogP contribution is 2.24. The number of nitrogens with one attached hydrogen (secondary N) is 1. The highest BCUT2D eigenvalue weighted by atomic mass is 16.5. The molecule has 0 radical (unpaired) electrons. The number of hydrogen-bond donors (Lipinski definition) is 1. The zero-order valence-electron chi connectivity index (χ0n) is 12.5. The van der Waals surface area contributed by atoms with E-state index in [-0.39, 0.29) is 5.97 Å². The SMILES string of the molecule is CCC(C)N(CC)CC(C)(NC1CC1)C(=O)OC. The van der Waals surface area contributed by atoms with E-state index in [0.29, 0.717) is 18.6 Å². The lowest BCUT2D eigenvalue weighted by Crippen LogP contribution is -2.59. The van der Waals surface area contributed by atoms with Crippen molar-refractivity contribution < 1.29 is 9.53 Å². The Hall–Kier alpha value is -0.610. The van der Waals surface area contributed by atoms with E-state index < -0.39 is 5.54 Å². The molecule has 106 valence electrons. The maximum atomic E-state index is 12.0. The van der Waals surface area contributed by atoms with Crippen LogP contribution in [0.15, 0.2) is 0 Å². The minimum Gasteiger partial charge on any atom is -0.468 e. The normalized spacial score (nSPS) is 20.6. The fourth-order valence-corrected chi connectivity index (χ4v) is 2.32. The average molecular weight is 256 g/mol. The maximum Gasteiger partial charge on any atom is 0.327 e. The van der Waals surface area contributed by atoms with Crippen LogP contribution < -0.4 is 5.32 Å². The topological polar surface area (TPSA) is 41.6 Å². The number of likely N-dealkylation sites (N-methyl/N-ethyl adjacent to an activating group) is 1. The lowest BCUT2D eigenvalue weighted by atomic mass is 10.00. The summed E-state index contributed by atoms with van der Waals surface area (Å²) in [6.45, 7) is 10.1. The molecule has 4 nitrogen and oxygen atoms in total. The van der Waals surface area contributed by atoms with Gasteiger partial charge in [0, 0.05) is 18.6 Å². The van der Waals surface area contributed by atoms with Crippen molar-refractivity contribution >= 4 is 5.97 Å². The van der Waals surface area contributed by atoms with Crippen molar-refractivity contribution in [1.82, 2.24) is 10.2 Å². The third-order valence-corrected chi connectivity index (χ3v) is 3.88. The Kier molecular flexibility index (Phi) is 5.60.